The van der Waals surface area contributed by atoms with Crippen LogP contribution in [0.25, 0.3) is 0 Å². The Morgan fingerprint density at radius 1 is 1.38 bits per heavy atom. The summed E-state index contributed by atoms with van der Waals surface area (Å²) in [6.45, 7) is 0. The molecule has 0 radical (unpaired) electrons. The van der Waals surface area contributed by atoms with Crippen LogP contribution in [0.15, 0.2) is 35.5 Å². The van der Waals surface area contributed by atoms with E-state index in [-0.39, 0.29) is 10.0 Å². The number of nitrogens with one attached hydrogen (secondary N) is 1. The second kappa shape index (κ2) is 6.68. The molecule has 0 amide bonds. The van der Waals surface area contributed by atoms with Gasteiger partial charge in [-0.2, -0.15) is 13.5 Å². The highest BCUT2D eigenvalue weighted by Gasteiger charge is 2.22. The van der Waals surface area contributed by atoms with Crippen LogP contribution < -0.4 is 4.72 Å². The fraction of sp³-hybridized carbons (Fsp3) is 0.308. The lowest BCUT2D eigenvalue weighted by Gasteiger charge is -2.10. The van der Waals surface area contributed by atoms with E-state index in [1.165, 1.54) is 17.9 Å². The number of hydrogen-bond acceptors (Lipinski definition) is 3. The van der Waals surface area contributed by atoms with E-state index < -0.39 is 10.0 Å². The Labute approximate surface area is 133 Å². The Kier molecular flexibility index (Phi) is 5.13. The zero-order chi connectivity index (χ0) is 15.5. The quantitative estimate of drug-likeness (QED) is 0.816. The maximum atomic E-state index is 12.4. The van der Waals surface area contributed by atoms with Gasteiger partial charge in [0.1, 0.15) is 0 Å². The SMILES string of the molecule is Cn1ncc(Cl)c1S(=O)(=O)Nc1cccc(CCCCl)c1. The summed E-state index contributed by atoms with van der Waals surface area (Å²) in [6, 6.07) is 7.20. The minimum Gasteiger partial charge on any atom is -0.278 e. The van der Waals surface area contributed by atoms with E-state index >= 15 is 0 Å². The molecule has 1 N–H and O–H groups in total. The Morgan fingerprint density at radius 3 is 2.76 bits per heavy atom. The lowest BCUT2D eigenvalue weighted by molar-refractivity contribution is 0.582. The first-order chi connectivity index (χ1) is 9.94. The van der Waals surface area contributed by atoms with Gasteiger partial charge in [-0.05, 0) is 30.5 Å². The van der Waals surface area contributed by atoms with E-state index in [1.807, 2.05) is 6.07 Å². The van der Waals surface area contributed by atoms with Crippen LogP contribution in [0.5, 0.6) is 0 Å². The van der Waals surface area contributed by atoms with Gasteiger partial charge in [0.2, 0.25) is 0 Å². The number of alkyl halides is 1. The van der Waals surface area contributed by atoms with Crippen LogP contribution in [0.3, 0.4) is 0 Å². The molecule has 1 aromatic carbocycles. The van der Waals surface area contributed by atoms with Gasteiger partial charge in [0.15, 0.2) is 5.03 Å². The molecule has 0 bridgehead atoms. The average molecular weight is 348 g/mol. The predicted molar refractivity (Wildman–Crippen MR) is 84.5 cm³/mol. The highest BCUT2D eigenvalue weighted by molar-refractivity contribution is 7.92. The van der Waals surface area contributed by atoms with Gasteiger partial charge >= 0.3 is 0 Å². The molecule has 21 heavy (non-hydrogen) atoms. The van der Waals surface area contributed by atoms with Crippen LogP contribution in [0, 0.1) is 0 Å². The number of benzene rings is 1. The summed E-state index contributed by atoms with van der Waals surface area (Å²) < 4.78 is 28.4. The van der Waals surface area contributed by atoms with Crippen LogP contribution in [-0.2, 0) is 23.5 Å². The molecule has 5 nitrogen and oxygen atoms in total. The highest BCUT2D eigenvalue weighted by atomic mass is 35.5. The molecule has 0 aliphatic rings. The fourth-order valence-electron chi connectivity index (χ4n) is 1.97. The Bertz CT molecular complexity index is 709. The van der Waals surface area contributed by atoms with Crippen LogP contribution in [0.4, 0.5) is 5.69 Å². The van der Waals surface area contributed by atoms with Crippen LogP contribution in [0.2, 0.25) is 5.02 Å². The number of anilines is 1. The number of aromatic nitrogens is 2. The van der Waals surface area contributed by atoms with Gasteiger partial charge < -0.3 is 0 Å². The molecule has 0 unspecified atom stereocenters. The minimum atomic E-state index is -3.78. The second-order valence-electron chi connectivity index (χ2n) is 4.52. The van der Waals surface area contributed by atoms with Crippen molar-refractivity contribution in [2.45, 2.75) is 17.9 Å². The van der Waals surface area contributed by atoms with E-state index in [0.717, 1.165) is 18.4 Å². The first-order valence-electron chi connectivity index (χ1n) is 6.29. The average Bonchev–Trinajstić information content (AvgIpc) is 2.76. The molecule has 0 saturated carbocycles. The third-order valence-electron chi connectivity index (χ3n) is 2.88. The molecule has 1 aromatic heterocycles. The molecule has 2 aromatic rings. The number of aryl methyl sites for hydroxylation is 2. The highest BCUT2D eigenvalue weighted by Crippen LogP contribution is 2.23. The summed E-state index contributed by atoms with van der Waals surface area (Å²) in [4.78, 5) is 0. The molecule has 8 heteroatoms. The Morgan fingerprint density at radius 2 is 2.14 bits per heavy atom. The van der Waals surface area contributed by atoms with Crippen molar-refractivity contribution >= 4 is 38.9 Å². The normalized spacial score (nSPS) is 11.6. The van der Waals surface area contributed by atoms with Crippen molar-refractivity contribution in [2.75, 3.05) is 10.6 Å². The van der Waals surface area contributed by atoms with Gasteiger partial charge in [-0.15, -0.1) is 11.6 Å². The predicted octanol–water partition coefficient (Wildman–Crippen LogP) is 3.05. The summed E-state index contributed by atoms with van der Waals surface area (Å²) in [7, 11) is -2.25. The molecular formula is C13H15Cl2N3O2S. The zero-order valence-corrected chi connectivity index (χ0v) is 13.7. The smallest absolute Gasteiger partial charge is 0.278 e. The lowest BCUT2D eigenvalue weighted by Crippen LogP contribution is -2.17. The molecule has 0 atom stereocenters. The van der Waals surface area contributed by atoms with Crippen LogP contribution in [-0.4, -0.2) is 24.1 Å². The van der Waals surface area contributed by atoms with Gasteiger partial charge in [-0.1, -0.05) is 23.7 Å². The number of halogens is 2. The Balaban J connectivity index is 2.25. The molecule has 114 valence electrons. The summed E-state index contributed by atoms with van der Waals surface area (Å²) >= 11 is 11.5. The van der Waals surface area contributed by atoms with Crippen molar-refractivity contribution < 1.29 is 8.42 Å². The standard InChI is InChI=1S/C13H15Cl2N3O2S/c1-18-13(12(15)9-16-18)21(19,20)17-11-6-2-4-10(8-11)5-3-7-14/h2,4,6,8-9,17H,3,5,7H2,1H3. The molecule has 0 aliphatic carbocycles. The first kappa shape index (κ1) is 16.1. The van der Waals surface area contributed by atoms with Gasteiger partial charge in [0.25, 0.3) is 10.0 Å². The molecule has 2 rings (SSSR count). The topological polar surface area (TPSA) is 64.0 Å². The van der Waals surface area contributed by atoms with Gasteiger partial charge in [0.05, 0.1) is 11.2 Å². The second-order valence-corrected chi connectivity index (χ2v) is 6.90. The van der Waals surface area contributed by atoms with Gasteiger partial charge in [-0.25, -0.2) is 0 Å². The third-order valence-corrected chi connectivity index (χ3v) is 5.03. The molecule has 0 saturated heterocycles. The monoisotopic (exact) mass is 347 g/mol. The van der Waals surface area contributed by atoms with E-state index in [2.05, 4.69) is 9.82 Å². The maximum Gasteiger partial charge on any atom is 0.280 e. The molecule has 0 fully saturated rings. The summed E-state index contributed by atoms with van der Waals surface area (Å²) in [5.74, 6) is 0.570. The van der Waals surface area contributed by atoms with E-state index in [0.29, 0.717) is 11.6 Å². The largest absolute Gasteiger partial charge is 0.280 e. The first-order valence-corrected chi connectivity index (χ1v) is 8.69. The fourth-order valence-corrected chi connectivity index (χ4v) is 3.81. The van der Waals surface area contributed by atoms with Gasteiger partial charge in [-0.3, -0.25) is 9.40 Å². The summed E-state index contributed by atoms with van der Waals surface area (Å²) in [5, 5.41) is 3.86. The molecule has 0 spiro atoms. The third kappa shape index (κ3) is 3.90. The van der Waals surface area contributed by atoms with Crippen molar-refractivity contribution in [3.8, 4) is 0 Å². The summed E-state index contributed by atoms with van der Waals surface area (Å²) in [6.07, 6.45) is 2.93. The molecule has 1 heterocycles. The summed E-state index contributed by atoms with van der Waals surface area (Å²) in [5.41, 5.74) is 1.51. The van der Waals surface area contributed by atoms with Crippen molar-refractivity contribution in [1.82, 2.24) is 9.78 Å². The Hall–Kier alpha value is -1.24. The van der Waals surface area contributed by atoms with Crippen LogP contribution >= 0.6 is 23.2 Å². The lowest BCUT2D eigenvalue weighted by atomic mass is 10.1. The van der Waals surface area contributed by atoms with Crippen molar-refractivity contribution in [3.05, 3.63) is 41.0 Å². The number of nitrogens with zero attached hydrogens (tertiary/aromatic N) is 2. The van der Waals surface area contributed by atoms with E-state index in [9.17, 15) is 8.42 Å². The number of rotatable bonds is 6. The van der Waals surface area contributed by atoms with Crippen molar-refractivity contribution in [1.29, 1.82) is 0 Å². The zero-order valence-electron chi connectivity index (χ0n) is 11.4. The van der Waals surface area contributed by atoms with Crippen molar-refractivity contribution in [3.63, 3.8) is 0 Å². The number of hydrogen-bond donors (Lipinski definition) is 1. The maximum absolute atomic E-state index is 12.4. The minimum absolute atomic E-state index is 0.0599. The van der Waals surface area contributed by atoms with E-state index in [4.69, 9.17) is 23.2 Å². The van der Waals surface area contributed by atoms with Crippen molar-refractivity contribution in [2.24, 2.45) is 7.05 Å². The molecule has 0 aliphatic heterocycles. The molecular weight excluding hydrogens is 333 g/mol. The van der Waals surface area contributed by atoms with E-state index in [1.54, 1.807) is 18.2 Å². The van der Waals surface area contributed by atoms with Gasteiger partial charge in [0, 0.05) is 18.6 Å². The number of sulfonamides is 1. The van der Waals surface area contributed by atoms with Crippen LogP contribution in [0.1, 0.15) is 12.0 Å².